The van der Waals surface area contributed by atoms with Gasteiger partial charge in [0.05, 0.1) is 32.4 Å². The molecule has 1 aliphatic rings. The largest absolute Gasteiger partial charge is 0.497 e. The molecule has 8 nitrogen and oxygen atoms in total. The van der Waals surface area contributed by atoms with Crippen LogP contribution in [0.2, 0.25) is 0 Å². The van der Waals surface area contributed by atoms with E-state index >= 15 is 0 Å². The first kappa shape index (κ1) is 19.1. The van der Waals surface area contributed by atoms with Gasteiger partial charge in [-0.05, 0) is 32.0 Å². The number of nitrogens with zero attached hydrogens (tertiary/aromatic N) is 4. The van der Waals surface area contributed by atoms with E-state index in [1.807, 2.05) is 0 Å². The molecule has 1 N–H and O–H groups in total. The number of hydrogen-bond donors (Lipinski definition) is 1. The van der Waals surface area contributed by atoms with Crippen LogP contribution in [0.25, 0.3) is 11.3 Å². The van der Waals surface area contributed by atoms with Crippen molar-refractivity contribution in [2.24, 2.45) is 0 Å². The van der Waals surface area contributed by atoms with Crippen LogP contribution in [-0.2, 0) is 4.74 Å². The predicted octanol–water partition coefficient (Wildman–Crippen LogP) is 3.64. The number of methoxy groups -OCH3 is 1. The van der Waals surface area contributed by atoms with Gasteiger partial charge in [-0.2, -0.15) is 4.98 Å². The van der Waals surface area contributed by atoms with Crippen molar-refractivity contribution in [3.05, 3.63) is 42.3 Å². The molecule has 3 heterocycles. The van der Waals surface area contributed by atoms with Gasteiger partial charge in [0.1, 0.15) is 23.1 Å². The minimum absolute atomic E-state index is 0.170. The van der Waals surface area contributed by atoms with Gasteiger partial charge in [0.15, 0.2) is 0 Å². The van der Waals surface area contributed by atoms with E-state index in [2.05, 4.69) is 39.2 Å². The Kier molecular flexibility index (Phi) is 5.30. The Labute approximate surface area is 167 Å². The Bertz CT molecular complexity index is 986. The van der Waals surface area contributed by atoms with Crippen LogP contribution in [0.5, 0.6) is 5.75 Å². The molecule has 1 aliphatic heterocycles. The van der Waals surface area contributed by atoms with E-state index in [0.717, 1.165) is 0 Å². The van der Waals surface area contributed by atoms with Crippen LogP contribution in [-0.4, -0.2) is 47.5 Å². The Balaban J connectivity index is 1.54. The molecule has 2 unspecified atom stereocenters. The van der Waals surface area contributed by atoms with Crippen molar-refractivity contribution in [3.8, 4) is 17.0 Å². The topological polar surface area (TPSA) is 85.5 Å². The minimum atomic E-state index is -0.441. The highest BCUT2D eigenvalue weighted by Crippen LogP contribution is 2.28. The van der Waals surface area contributed by atoms with Crippen LogP contribution < -0.4 is 15.0 Å². The predicted molar refractivity (Wildman–Crippen MR) is 106 cm³/mol. The first-order valence-corrected chi connectivity index (χ1v) is 9.32. The van der Waals surface area contributed by atoms with E-state index < -0.39 is 5.82 Å². The zero-order valence-corrected chi connectivity index (χ0v) is 16.4. The van der Waals surface area contributed by atoms with Crippen molar-refractivity contribution in [2.75, 3.05) is 30.5 Å². The number of nitrogens with one attached hydrogen (secondary N) is 1. The number of aromatic nitrogens is 3. The molecule has 1 fully saturated rings. The third-order valence-corrected chi connectivity index (χ3v) is 4.76. The third kappa shape index (κ3) is 4.00. The summed E-state index contributed by atoms with van der Waals surface area (Å²) in [4.78, 5) is 11.1. The average molecular weight is 399 g/mol. The second kappa shape index (κ2) is 8.04. The molecule has 1 aromatic carbocycles. The molecule has 3 aromatic rings. The SMILES string of the molecule is COc1ccc(-c2cc(Nc3ccnc(N4C(C)COCC4C)n3)on2)c(F)c1. The fourth-order valence-corrected chi connectivity index (χ4v) is 3.36. The second-order valence-electron chi connectivity index (χ2n) is 6.93. The van der Waals surface area contributed by atoms with Crippen molar-refractivity contribution in [2.45, 2.75) is 25.9 Å². The fraction of sp³-hybridized carbons (Fsp3) is 0.350. The van der Waals surface area contributed by atoms with Crippen molar-refractivity contribution in [1.29, 1.82) is 0 Å². The van der Waals surface area contributed by atoms with Crippen LogP contribution >= 0.6 is 0 Å². The lowest BCUT2D eigenvalue weighted by atomic mass is 10.1. The standard InChI is InChI=1S/C20H22FN5O3/c1-12-10-28-11-13(2)26(12)20-22-7-6-18(24-20)23-19-9-17(25-29-19)15-5-4-14(27-3)8-16(15)21/h4-9,12-13H,10-11H2,1-3H3,(H,22,23,24). The van der Waals surface area contributed by atoms with Crippen LogP contribution in [0.3, 0.4) is 0 Å². The van der Waals surface area contributed by atoms with Gasteiger partial charge in [-0.15, -0.1) is 0 Å². The number of hydrogen-bond acceptors (Lipinski definition) is 8. The van der Waals surface area contributed by atoms with Gasteiger partial charge < -0.3 is 24.2 Å². The van der Waals surface area contributed by atoms with Crippen LogP contribution in [0.4, 0.5) is 22.0 Å². The number of morpholine rings is 1. The van der Waals surface area contributed by atoms with Crippen LogP contribution in [0, 0.1) is 5.82 Å². The maximum Gasteiger partial charge on any atom is 0.230 e. The molecule has 2 aromatic heterocycles. The van der Waals surface area contributed by atoms with Gasteiger partial charge in [-0.25, -0.2) is 9.37 Å². The van der Waals surface area contributed by atoms with Crippen molar-refractivity contribution >= 4 is 17.7 Å². The Morgan fingerprint density at radius 2 is 1.97 bits per heavy atom. The summed E-state index contributed by atoms with van der Waals surface area (Å²) in [5.41, 5.74) is 0.694. The summed E-state index contributed by atoms with van der Waals surface area (Å²) in [7, 11) is 1.49. The van der Waals surface area contributed by atoms with Gasteiger partial charge in [-0.1, -0.05) is 5.16 Å². The summed E-state index contributed by atoms with van der Waals surface area (Å²) >= 11 is 0. The third-order valence-electron chi connectivity index (χ3n) is 4.76. The summed E-state index contributed by atoms with van der Waals surface area (Å²) in [5, 5.41) is 7.01. The van der Waals surface area contributed by atoms with E-state index in [9.17, 15) is 4.39 Å². The van der Waals surface area contributed by atoms with Crippen molar-refractivity contribution in [1.82, 2.24) is 15.1 Å². The number of ether oxygens (including phenoxy) is 2. The normalized spacial score (nSPS) is 19.2. The average Bonchev–Trinajstić information content (AvgIpc) is 3.16. The summed E-state index contributed by atoms with van der Waals surface area (Å²) in [6.07, 6.45) is 1.68. The van der Waals surface area contributed by atoms with Crippen LogP contribution in [0.15, 0.2) is 41.1 Å². The van der Waals surface area contributed by atoms with E-state index in [0.29, 0.717) is 47.9 Å². The first-order chi connectivity index (χ1) is 14.0. The summed E-state index contributed by atoms with van der Waals surface area (Å²) in [5.74, 6) is 1.51. The molecule has 152 valence electrons. The van der Waals surface area contributed by atoms with Gasteiger partial charge in [0.2, 0.25) is 11.8 Å². The van der Waals surface area contributed by atoms with E-state index in [1.54, 1.807) is 30.5 Å². The molecule has 0 aliphatic carbocycles. The monoisotopic (exact) mass is 399 g/mol. The first-order valence-electron chi connectivity index (χ1n) is 9.32. The quantitative estimate of drug-likeness (QED) is 0.696. The van der Waals surface area contributed by atoms with Crippen molar-refractivity contribution < 1.29 is 18.4 Å². The summed E-state index contributed by atoms with van der Waals surface area (Å²) in [6, 6.07) is 8.26. The summed E-state index contributed by atoms with van der Waals surface area (Å²) < 4.78 is 30.2. The second-order valence-corrected chi connectivity index (χ2v) is 6.93. The van der Waals surface area contributed by atoms with Gasteiger partial charge in [0.25, 0.3) is 0 Å². The molecule has 0 saturated carbocycles. The molecular formula is C20H22FN5O3. The van der Waals surface area contributed by atoms with Gasteiger partial charge >= 0.3 is 0 Å². The maximum atomic E-state index is 14.3. The van der Waals surface area contributed by atoms with E-state index in [-0.39, 0.29) is 12.1 Å². The summed E-state index contributed by atoms with van der Waals surface area (Å²) in [6.45, 7) is 5.41. The molecule has 9 heteroatoms. The molecule has 0 radical (unpaired) electrons. The zero-order valence-electron chi connectivity index (χ0n) is 16.4. The number of anilines is 3. The molecule has 0 amide bonds. The lowest BCUT2D eigenvalue weighted by Crippen LogP contribution is -2.50. The Hall–Kier alpha value is -3.20. The fourth-order valence-electron chi connectivity index (χ4n) is 3.36. The molecule has 0 bridgehead atoms. The van der Waals surface area contributed by atoms with E-state index in [4.69, 9.17) is 14.0 Å². The molecule has 1 saturated heterocycles. The number of rotatable bonds is 5. The van der Waals surface area contributed by atoms with Gasteiger partial charge in [-0.3, -0.25) is 0 Å². The lowest BCUT2D eigenvalue weighted by Gasteiger charge is -2.38. The Morgan fingerprint density at radius 1 is 1.17 bits per heavy atom. The van der Waals surface area contributed by atoms with Crippen molar-refractivity contribution in [3.63, 3.8) is 0 Å². The number of halogens is 1. The Morgan fingerprint density at radius 3 is 2.69 bits per heavy atom. The molecule has 0 spiro atoms. The lowest BCUT2D eigenvalue weighted by molar-refractivity contribution is 0.0747. The molecule has 4 rings (SSSR count). The highest BCUT2D eigenvalue weighted by Gasteiger charge is 2.27. The smallest absolute Gasteiger partial charge is 0.230 e. The highest BCUT2D eigenvalue weighted by molar-refractivity contribution is 5.65. The minimum Gasteiger partial charge on any atom is -0.497 e. The molecule has 29 heavy (non-hydrogen) atoms. The molecular weight excluding hydrogens is 377 g/mol. The zero-order chi connectivity index (χ0) is 20.4. The van der Waals surface area contributed by atoms with Crippen LogP contribution in [0.1, 0.15) is 13.8 Å². The molecule has 2 atom stereocenters. The number of benzene rings is 1. The highest BCUT2D eigenvalue weighted by atomic mass is 19.1. The van der Waals surface area contributed by atoms with Gasteiger partial charge in [0, 0.05) is 23.9 Å². The maximum absolute atomic E-state index is 14.3. The van der Waals surface area contributed by atoms with E-state index in [1.165, 1.54) is 13.2 Å².